The summed E-state index contributed by atoms with van der Waals surface area (Å²) in [6.07, 6.45) is 0. The van der Waals surface area contributed by atoms with Crippen LogP contribution >= 0.6 is 15.9 Å². The Morgan fingerprint density at radius 2 is 2.00 bits per heavy atom. The fourth-order valence-electron chi connectivity index (χ4n) is 1.26. The second kappa shape index (κ2) is 3.38. The van der Waals surface area contributed by atoms with E-state index in [1.807, 2.05) is 13.8 Å². The fraction of sp³-hybridized carbons (Fsp3) is 0.556. The van der Waals surface area contributed by atoms with Gasteiger partial charge in [0.15, 0.2) is 5.54 Å². The average Bonchev–Trinajstić information content (AvgIpc) is 2.33. The van der Waals surface area contributed by atoms with Crippen molar-refractivity contribution in [3.05, 3.63) is 15.9 Å². The summed E-state index contributed by atoms with van der Waals surface area (Å²) < 4.78 is 2.39. The van der Waals surface area contributed by atoms with Crippen molar-refractivity contribution in [3.8, 4) is 0 Å². The van der Waals surface area contributed by atoms with Gasteiger partial charge >= 0.3 is 5.97 Å². The second-order valence-corrected chi connectivity index (χ2v) is 4.55. The molecule has 0 aromatic carbocycles. The van der Waals surface area contributed by atoms with Crippen molar-refractivity contribution in [2.45, 2.75) is 33.2 Å². The van der Waals surface area contributed by atoms with E-state index in [0.717, 1.165) is 15.9 Å². The van der Waals surface area contributed by atoms with Crippen molar-refractivity contribution in [1.82, 2.24) is 9.78 Å². The van der Waals surface area contributed by atoms with Crippen LogP contribution in [0.4, 0.5) is 0 Å². The molecule has 1 aromatic rings. The molecule has 5 heteroatoms. The van der Waals surface area contributed by atoms with Crippen LogP contribution in [0.5, 0.6) is 0 Å². The van der Waals surface area contributed by atoms with E-state index in [4.69, 9.17) is 5.11 Å². The van der Waals surface area contributed by atoms with Crippen molar-refractivity contribution in [2.75, 3.05) is 0 Å². The Kier molecular flexibility index (Phi) is 2.71. The summed E-state index contributed by atoms with van der Waals surface area (Å²) in [5, 5.41) is 13.2. The van der Waals surface area contributed by atoms with Gasteiger partial charge in [0, 0.05) is 0 Å². The molecule has 1 heterocycles. The number of carbonyl (C=O) groups is 1. The van der Waals surface area contributed by atoms with Gasteiger partial charge in [0.05, 0.1) is 15.9 Å². The molecular weight excluding hydrogens is 248 g/mol. The number of halogens is 1. The molecule has 0 atom stereocenters. The third-order valence-corrected chi connectivity index (χ3v) is 3.40. The lowest BCUT2D eigenvalue weighted by atomic mass is 10.1. The van der Waals surface area contributed by atoms with Gasteiger partial charge in [0.1, 0.15) is 0 Å². The fourth-order valence-corrected chi connectivity index (χ4v) is 1.51. The minimum Gasteiger partial charge on any atom is -0.479 e. The van der Waals surface area contributed by atoms with Crippen molar-refractivity contribution in [3.63, 3.8) is 0 Å². The molecule has 0 bridgehead atoms. The Hall–Kier alpha value is -0.840. The number of aryl methyl sites for hydroxylation is 1. The van der Waals surface area contributed by atoms with Gasteiger partial charge in [-0.3, -0.25) is 4.68 Å². The molecule has 78 valence electrons. The maximum atomic E-state index is 11.0. The molecule has 0 aliphatic heterocycles. The summed E-state index contributed by atoms with van der Waals surface area (Å²) in [6, 6.07) is 0. The zero-order valence-electron chi connectivity index (χ0n) is 8.63. The molecule has 0 saturated heterocycles. The second-order valence-electron chi connectivity index (χ2n) is 3.76. The van der Waals surface area contributed by atoms with Crippen molar-refractivity contribution in [2.24, 2.45) is 0 Å². The number of aromatic nitrogens is 2. The zero-order chi connectivity index (χ0) is 11.1. The molecule has 0 fully saturated rings. The molecule has 4 nitrogen and oxygen atoms in total. The Morgan fingerprint density at radius 1 is 1.50 bits per heavy atom. The van der Waals surface area contributed by atoms with Crippen LogP contribution in [0.15, 0.2) is 4.47 Å². The van der Waals surface area contributed by atoms with E-state index in [2.05, 4.69) is 21.0 Å². The molecular formula is C9H13BrN2O2. The third-order valence-electron chi connectivity index (χ3n) is 2.26. The number of aliphatic carboxylic acids is 1. The van der Waals surface area contributed by atoms with Crippen molar-refractivity contribution in [1.29, 1.82) is 0 Å². The first-order chi connectivity index (χ1) is 6.28. The van der Waals surface area contributed by atoms with Crippen LogP contribution in [0, 0.1) is 13.8 Å². The summed E-state index contributed by atoms with van der Waals surface area (Å²) in [5.74, 6) is -0.893. The van der Waals surface area contributed by atoms with Gasteiger partial charge in [0.25, 0.3) is 0 Å². The molecule has 14 heavy (non-hydrogen) atoms. The molecule has 1 N–H and O–H groups in total. The average molecular weight is 261 g/mol. The van der Waals surface area contributed by atoms with E-state index >= 15 is 0 Å². The summed E-state index contributed by atoms with van der Waals surface area (Å²) in [7, 11) is 0. The number of rotatable bonds is 2. The predicted molar refractivity (Wildman–Crippen MR) is 56.4 cm³/mol. The maximum absolute atomic E-state index is 11.0. The predicted octanol–water partition coefficient (Wildman–Crippen LogP) is 2.08. The van der Waals surface area contributed by atoms with Crippen LogP contribution < -0.4 is 0 Å². The number of hydrogen-bond acceptors (Lipinski definition) is 2. The van der Waals surface area contributed by atoms with Gasteiger partial charge < -0.3 is 5.11 Å². The Bertz CT molecular complexity index is 382. The highest BCUT2D eigenvalue weighted by molar-refractivity contribution is 9.10. The molecule has 0 radical (unpaired) electrons. The Labute approximate surface area is 91.1 Å². The minimum atomic E-state index is -1.01. The van der Waals surface area contributed by atoms with E-state index in [9.17, 15) is 4.79 Å². The normalized spacial score (nSPS) is 11.8. The quantitative estimate of drug-likeness (QED) is 0.886. The van der Waals surface area contributed by atoms with Crippen LogP contribution in [-0.2, 0) is 10.3 Å². The van der Waals surface area contributed by atoms with Crippen LogP contribution in [0.3, 0.4) is 0 Å². The standard InChI is InChI=1S/C9H13BrN2O2/c1-5-7(10)6(2)12(11-5)9(3,4)8(13)14/h1-4H3,(H,13,14). The van der Waals surface area contributed by atoms with Crippen molar-refractivity contribution < 1.29 is 9.90 Å². The molecule has 0 aliphatic rings. The highest BCUT2D eigenvalue weighted by atomic mass is 79.9. The first kappa shape index (κ1) is 11.2. The van der Waals surface area contributed by atoms with E-state index in [1.165, 1.54) is 4.68 Å². The van der Waals surface area contributed by atoms with Gasteiger partial charge in [-0.25, -0.2) is 4.79 Å². The summed E-state index contributed by atoms with van der Waals surface area (Å²) in [5.41, 5.74) is 0.618. The van der Waals surface area contributed by atoms with E-state index < -0.39 is 11.5 Å². The monoisotopic (exact) mass is 260 g/mol. The number of carboxylic acids is 1. The van der Waals surface area contributed by atoms with Gasteiger partial charge in [-0.05, 0) is 43.6 Å². The topological polar surface area (TPSA) is 55.1 Å². The van der Waals surface area contributed by atoms with E-state index in [0.29, 0.717) is 0 Å². The Balaban J connectivity index is 3.33. The van der Waals surface area contributed by atoms with E-state index in [1.54, 1.807) is 13.8 Å². The number of nitrogens with zero attached hydrogens (tertiary/aromatic N) is 2. The lowest BCUT2D eigenvalue weighted by Crippen LogP contribution is -2.37. The van der Waals surface area contributed by atoms with Gasteiger partial charge in [-0.2, -0.15) is 5.10 Å². The van der Waals surface area contributed by atoms with E-state index in [-0.39, 0.29) is 0 Å². The smallest absolute Gasteiger partial charge is 0.331 e. The highest BCUT2D eigenvalue weighted by Crippen LogP contribution is 2.25. The molecule has 0 amide bonds. The molecule has 1 aromatic heterocycles. The zero-order valence-corrected chi connectivity index (χ0v) is 10.2. The van der Waals surface area contributed by atoms with Crippen LogP contribution in [0.2, 0.25) is 0 Å². The van der Waals surface area contributed by atoms with Crippen LogP contribution in [0.25, 0.3) is 0 Å². The van der Waals surface area contributed by atoms with Gasteiger partial charge in [-0.15, -0.1) is 0 Å². The summed E-state index contributed by atoms with van der Waals surface area (Å²) in [4.78, 5) is 11.0. The van der Waals surface area contributed by atoms with Crippen molar-refractivity contribution >= 4 is 21.9 Å². The molecule has 0 aliphatic carbocycles. The lowest BCUT2D eigenvalue weighted by Gasteiger charge is -2.21. The number of carboxylic acid groups (broad SMARTS) is 1. The SMILES string of the molecule is Cc1nn(C(C)(C)C(=O)O)c(C)c1Br. The molecule has 0 saturated carbocycles. The lowest BCUT2D eigenvalue weighted by molar-refractivity contribution is -0.146. The Morgan fingerprint density at radius 3 is 2.29 bits per heavy atom. The summed E-state index contributed by atoms with van der Waals surface area (Å²) >= 11 is 3.37. The number of hydrogen-bond donors (Lipinski definition) is 1. The highest BCUT2D eigenvalue weighted by Gasteiger charge is 2.32. The summed E-state index contributed by atoms with van der Waals surface area (Å²) in [6.45, 7) is 6.93. The third kappa shape index (κ3) is 1.56. The first-order valence-corrected chi connectivity index (χ1v) is 5.03. The first-order valence-electron chi connectivity index (χ1n) is 4.24. The minimum absolute atomic E-state index is 0.803. The van der Waals surface area contributed by atoms with Crippen LogP contribution in [-0.4, -0.2) is 20.9 Å². The van der Waals surface area contributed by atoms with Gasteiger partial charge in [0.2, 0.25) is 0 Å². The van der Waals surface area contributed by atoms with Gasteiger partial charge in [-0.1, -0.05) is 0 Å². The van der Waals surface area contributed by atoms with Crippen LogP contribution in [0.1, 0.15) is 25.2 Å². The molecule has 0 spiro atoms. The maximum Gasteiger partial charge on any atom is 0.331 e. The molecule has 0 unspecified atom stereocenters. The molecule has 1 rings (SSSR count). The largest absolute Gasteiger partial charge is 0.479 e.